The Morgan fingerprint density at radius 1 is 1.37 bits per heavy atom. The van der Waals surface area contributed by atoms with Crippen molar-refractivity contribution in [2.75, 3.05) is 0 Å². The van der Waals surface area contributed by atoms with E-state index in [0.29, 0.717) is 0 Å². The SMILES string of the molecule is O=C(O)c1cc(Cl)nc(OCc2cccc(Br)c2)c1. The van der Waals surface area contributed by atoms with Gasteiger partial charge >= 0.3 is 5.97 Å². The van der Waals surface area contributed by atoms with Gasteiger partial charge in [0, 0.05) is 10.5 Å². The van der Waals surface area contributed by atoms with Crippen molar-refractivity contribution in [1.82, 2.24) is 4.98 Å². The molecule has 19 heavy (non-hydrogen) atoms. The summed E-state index contributed by atoms with van der Waals surface area (Å²) in [6.45, 7) is 0.284. The number of halogens is 2. The molecule has 1 N–H and O–H groups in total. The van der Waals surface area contributed by atoms with Gasteiger partial charge in [0.1, 0.15) is 11.8 Å². The number of hydrogen-bond acceptors (Lipinski definition) is 3. The highest BCUT2D eigenvalue weighted by Crippen LogP contribution is 2.18. The number of ether oxygens (including phenoxy) is 1. The summed E-state index contributed by atoms with van der Waals surface area (Å²) in [5.74, 6) is -0.888. The number of rotatable bonds is 4. The van der Waals surface area contributed by atoms with E-state index < -0.39 is 5.97 Å². The molecule has 0 amide bonds. The summed E-state index contributed by atoms with van der Waals surface area (Å²) < 4.78 is 6.38. The van der Waals surface area contributed by atoms with E-state index in [-0.39, 0.29) is 23.2 Å². The Kier molecular flexibility index (Phi) is 4.39. The van der Waals surface area contributed by atoms with E-state index in [0.717, 1.165) is 10.0 Å². The molecule has 1 aromatic carbocycles. The zero-order valence-corrected chi connectivity index (χ0v) is 12.0. The lowest BCUT2D eigenvalue weighted by atomic mass is 10.2. The van der Waals surface area contributed by atoms with Crippen molar-refractivity contribution < 1.29 is 14.6 Å². The van der Waals surface area contributed by atoms with E-state index >= 15 is 0 Å². The van der Waals surface area contributed by atoms with Crippen molar-refractivity contribution in [3.63, 3.8) is 0 Å². The van der Waals surface area contributed by atoms with Crippen LogP contribution < -0.4 is 4.74 Å². The zero-order chi connectivity index (χ0) is 13.8. The molecule has 1 aromatic heterocycles. The number of carbonyl (C=O) groups is 1. The first-order valence-electron chi connectivity index (χ1n) is 5.33. The number of nitrogens with zero attached hydrogens (tertiary/aromatic N) is 1. The third kappa shape index (κ3) is 3.94. The van der Waals surface area contributed by atoms with Crippen LogP contribution in [0, 0.1) is 0 Å². The van der Waals surface area contributed by atoms with Crippen LogP contribution in [0.25, 0.3) is 0 Å². The molecule has 0 saturated heterocycles. The molecule has 0 aliphatic rings. The predicted molar refractivity (Wildman–Crippen MR) is 74.7 cm³/mol. The Balaban J connectivity index is 2.13. The van der Waals surface area contributed by atoms with Crippen LogP contribution in [-0.4, -0.2) is 16.1 Å². The van der Waals surface area contributed by atoms with Crippen LogP contribution in [0.1, 0.15) is 15.9 Å². The Morgan fingerprint density at radius 2 is 2.16 bits per heavy atom. The molecule has 0 aliphatic carbocycles. The van der Waals surface area contributed by atoms with Crippen LogP contribution in [0.4, 0.5) is 0 Å². The molecular formula is C13H9BrClNO3. The number of hydrogen-bond donors (Lipinski definition) is 1. The highest BCUT2D eigenvalue weighted by Gasteiger charge is 2.08. The Hall–Kier alpha value is -1.59. The molecule has 1 heterocycles. The highest BCUT2D eigenvalue weighted by molar-refractivity contribution is 9.10. The van der Waals surface area contributed by atoms with Gasteiger partial charge in [-0.05, 0) is 23.8 Å². The van der Waals surface area contributed by atoms with Crippen molar-refractivity contribution in [1.29, 1.82) is 0 Å². The summed E-state index contributed by atoms with van der Waals surface area (Å²) in [6, 6.07) is 10.2. The van der Waals surface area contributed by atoms with Crippen molar-refractivity contribution in [2.24, 2.45) is 0 Å². The molecular weight excluding hydrogens is 334 g/mol. The molecule has 6 heteroatoms. The van der Waals surface area contributed by atoms with Gasteiger partial charge < -0.3 is 9.84 Å². The standard InChI is InChI=1S/C13H9BrClNO3/c14-10-3-1-2-8(4-10)7-19-12-6-9(13(17)18)5-11(15)16-12/h1-6H,7H2,(H,17,18). The maximum Gasteiger partial charge on any atom is 0.335 e. The molecule has 0 bridgehead atoms. The number of carboxylic acids is 1. The Morgan fingerprint density at radius 3 is 2.84 bits per heavy atom. The molecule has 2 aromatic rings. The average molecular weight is 343 g/mol. The number of benzene rings is 1. The maximum absolute atomic E-state index is 10.9. The molecule has 98 valence electrons. The lowest BCUT2D eigenvalue weighted by Gasteiger charge is -2.07. The first-order chi connectivity index (χ1) is 9.04. The first-order valence-corrected chi connectivity index (χ1v) is 6.50. The van der Waals surface area contributed by atoms with Gasteiger partial charge in [0.25, 0.3) is 0 Å². The van der Waals surface area contributed by atoms with Crippen molar-refractivity contribution in [3.05, 3.63) is 57.2 Å². The van der Waals surface area contributed by atoms with Crippen LogP contribution in [0.15, 0.2) is 40.9 Å². The smallest absolute Gasteiger partial charge is 0.335 e. The van der Waals surface area contributed by atoms with Crippen molar-refractivity contribution in [2.45, 2.75) is 6.61 Å². The van der Waals surface area contributed by atoms with E-state index in [2.05, 4.69) is 20.9 Å². The summed E-state index contributed by atoms with van der Waals surface area (Å²) in [7, 11) is 0. The largest absolute Gasteiger partial charge is 0.478 e. The summed E-state index contributed by atoms with van der Waals surface area (Å²) in [6.07, 6.45) is 0. The second kappa shape index (κ2) is 6.04. The molecule has 0 fully saturated rings. The topological polar surface area (TPSA) is 59.4 Å². The minimum Gasteiger partial charge on any atom is -0.478 e. The van der Waals surface area contributed by atoms with E-state index in [1.807, 2.05) is 24.3 Å². The highest BCUT2D eigenvalue weighted by atomic mass is 79.9. The second-order valence-electron chi connectivity index (χ2n) is 3.74. The predicted octanol–water partition coefficient (Wildman–Crippen LogP) is 3.77. The molecule has 0 aliphatic heterocycles. The fourth-order valence-electron chi connectivity index (χ4n) is 1.45. The quantitative estimate of drug-likeness (QED) is 0.859. The summed E-state index contributed by atoms with van der Waals surface area (Å²) >= 11 is 9.10. The van der Waals surface area contributed by atoms with E-state index in [1.165, 1.54) is 12.1 Å². The van der Waals surface area contributed by atoms with E-state index in [1.54, 1.807) is 0 Å². The third-order valence-electron chi connectivity index (χ3n) is 2.29. The van der Waals surface area contributed by atoms with E-state index in [9.17, 15) is 4.79 Å². The lowest BCUT2D eigenvalue weighted by Crippen LogP contribution is -2.01. The first kappa shape index (κ1) is 13.8. The fraction of sp³-hybridized carbons (Fsp3) is 0.0769. The number of pyridine rings is 1. The molecule has 4 nitrogen and oxygen atoms in total. The van der Waals surface area contributed by atoms with Crippen LogP contribution in [0.2, 0.25) is 5.15 Å². The van der Waals surface area contributed by atoms with Crippen LogP contribution >= 0.6 is 27.5 Å². The lowest BCUT2D eigenvalue weighted by molar-refractivity contribution is 0.0696. The molecule has 0 unspecified atom stereocenters. The Labute approximate surface area is 123 Å². The summed E-state index contributed by atoms with van der Waals surface area (Å²) in [4.78, 5) is 14.8. The number of carboxylic acid groups (broad SMARTS) is 1. The van der Waals surface area contributed by atoms with Gasteiger partial charge in [-0.1, -0.05) is 39.7 Å². The van der Waals surface area contributed by atoms with Gasteiger partial charge in [-0.15, -0.1) is 0 Å². The average Bonchev–Trinajstić information content (AvgIpc) is 2.36. The second-order valence-corrected chi connectivity index (χ2v) is 5.04. The summed E-state index contributed by atoms with van der Waals surface area (Å²) in [5.41, 5.74) is 0.984. The van der Waals surface area contributed by atoms with Gasteiger partial charge in [-0.25, -0.2) is 9.78 Å². The molecule has 0 atom stereocenters. The molecule has 0 spiro atoms. The maximum atomic E-state index is 10.9. The van der Waals surface area contributed by atoms with Gasteiger partial charge in [-0.3, -0.25) is 0 Å². The van der Waals surface area contributed by atoms with Crippen molar-refractivity contribution >= 4 is 33.5 Å². The monoisotopic (exact) mass is 341 g/mol. The van der Waals surface area contributed by atoms with Gasteiger partial charge in [-0.2, -0.15) is 0 Å². The van der Waals surface area contributed by atoms with Crippen LogP contribution in [0.3, 0.4) is 0 Å². The third-order valence-corrected chi connectivity index (χ3v) is 2.98. The Bertz CT molecular complexity index is 619. The molecule has 0 radical (unpaired) electrons. The minimum atomic E-state index is -1.07. The molecule has 0 saturated carbocycles. The van der Waals surface area contributed by atoms with Crippen molar-refractivity contribution in [3.8, 4) is 5.88 Å². The summed E-state index contributed by atoms with van der Waals surface area (Å²) in [5, 5.41) is 8.99. The number of aromatic carboxylic acids is 1. The molecule has 2 rings (SSSR count). The van der Waals surface area contributed by atoms with E-state index in [4.69, 9.17) is 21.4 Å². The van der Waals surface area contributed by atoms with Crippen LogP contribution in [-0.2, 0) is 6.61 Å². The minimum absolute atomic E-state index is 0.0456. The normalized spacial score (nSPS) is 10.2. The van der Waals surface area contributed by atoms with Crippen LogP contribution in [0.5, 0.6) is 5.88 Å². The van der Waals surface area contributed by atoms with Gasteiger partial charge in [0.2, 0.25) is 5.88 Å². The van der Waals surface area contributed by atoms with Gasteiger partial charge in [0.05, 0.1) is 5.56 Å². The zero-order valence-electron chi connectivity index (χ0n) is 9.64. The fourth-order valence-corrected chi connectivity index (χ4v) is 2.10. The van der Waals surface area contributed by atoms with Gasteiger partial charge in [0.15, 0.2) is 0 Å². The number of aromatic nitrogens is 1.